The van der Waals surface area contributed by atoms with Crippen LogP contribution in [0.15, 0.2) is 24.3 Å². The summed E-state index contributed by atoms with van der Waals surface area (Å²) in [5.41, 5.74) is 0.938. The van der Waals surface area contributed by atoms with Gasteiger partial charge in [0.05, 0.1) is 4.92 Å². The van der Waals surface area contributed by atoms with Gasteiger partial charge in [-0.05, 0) is 49.8 Å². The predicted octanol–water partition coefficient (Wildman–Crippen LogP) is 2.41. The van der Waals surface area contributed by atoms with Gasteiger partial charge in [-0.1, -0.05) is 12.1 Å². The van der Waals surface area contributed by atoms with Crippen molar-refractivity contribution in [3.05, 3.63) is 39.9 Å². The molecule has 2 fully saturated rings. The van der Waals surface area contributed by atoms with Gasteiger partial charge in [0.15, 0.2) is 0 Å². The highest BCUT2D eigenvalue weighted by Gasteiger charge is 2.31. The molecule has 1 aromatic carbocycles. The molecule has 2 aliphatic heterocycles. The van der Waals surface area contributed by atoms with Crippen LogP contribution in [0.25, 0.3) is 0 Å². The van der Waals surface area contributed by atoms with E-state index in [0.717, 1.165) is 44.6 Å². The van der Waals surface area contributed by atoms with Crippen molar-refractivity contribution in [1.29, 1.82) is 0 Å². The van der Waals surface area contributed by atoms with E-state index in [1.807, 2.05) is 11.0 Å². The molecule has 3 rings (SSSR count). The zero-order chi connectivity index (χ0) is 16.2. The van der Waals surface area contributed by atoms with Crippen molar-refractivity contribution in [1.82, 2.24) is 10.2 Å². The predicted molar refractivity (Wildman–Crippen MR) is 94.3 cm³/mol. The van der Waals surface area contributed by atoms with Crippen molar-refractivity contribution in [3.8, 4) is 0 Å². The Morgan fingerprint density at radius 1 is 1.25 bits per heavy atom. The third-order valence-corrected chi connectivity index (χ3v) is 5.12. The average Bonchev–Trinajstić information content (AvgIpc) is 2.91. The average molecular weight is 354 g/mol. The Kier molecular flexibility index (Phi) is 6.57. The number of rotatable bonds is 4. The Morgan fingerprint density at radius 3 is 2.54 bits per heavy atom. The Labute approximate surface area is 148 Å². The zero-order valence-electron chi connectivity index (χ0n) is 13.6. The van der Waals surface area contributed by atoms with Crippen molar-refractivity contribution in [2.75, 3.05) is 26.2 Å². The maximum absolute atomic E-state index is 12.4. The number of fused-ring (bicyclic) bond motifs is 1. The molecule has 0 unspecified atom stereocenters. The van der Waals surface area contributed by atoms with Gasteiger partial charge in [-0.25, -0.2) is 0 Å². The normalized spacial score (nSPS) is 23.1. The number of nitrogens with zero attached hydrogens (tertiary/aromatic N) is 2. The Morgan fingerprint density at radius 2 is 1.92 bits per heavy atom. The lowest BCUT2D eigenvalue weighted by atomic mass is 9.92. The lowest BCUT2D eigenvalue weighted by Gasteiger charge is -2.21. The number of non-ortho nitro benzene ring substituents is 1. The first kappa shape index (κ1) is 18.7. The first-order valence-electron chi connectivity index (χ1n) is 8.35. The summed E-state index contributed by atoms with van der Waals surface area (Å²) in [6, 6.07) is 6.57. The highest BCUT2D eigenvalue weighted by molar-refractivity contribution is 5.85. The SMILES string of the molecule is Cl.O=C(CCc1cccc([N+](=O)[O-])c1)N1CC[C@@H]2CNC[C@@H]2CC1. The minimum atomic E-state index is -0.396. The largest absolute Gasteiger partial charge is 0.343 e. The molecule has 2 saturated heterocycles. The Hall–Kier alpha value is -1.66. The van der Waals surface area contributed by atoms with Crippen LogP contribution >= 0.6 is 12.4 Å². The molecule has 132 valence electrons. The molecule has 1 aromatic rings. The third-order valence-electron chi connectivity index (χ3n) is 5.12. The van der Waals surface area contributed by atoms with E-state index in [-0.39, 0.29) is 24.0 Å². The van der Waals surface area contributed by atoms with Crippen LogP contribution in [0, 0.1) is 22.0 Å². The molecule has 2 heterocycles. The van der Waals surface area contributed by atoms with Crippen LogP contribution < -0.4 is 5.32 Å². The number of nitro benzene ring substituents is 1. The van der Waals surface area contributed by atoms with Crippen LogP contribution in [-0.2, 0) is 11.2 Å². The zero-order valence-corrected chi connectivity index (χ0v) is 14.5. The standard InChI is InChI=1S/C17H23N3O3.ClH/c21-17(5-4-13-2-1-3-16(10-13)20(22)23)19-8-6-14-11-18-12-15(14)7-9-19;/h1-3,10,14-15,18H,4-9,11-12H2;1H/t14-,15+;. The molecule has 6 nitrogen and oxygen atoms in total. The molecule has 0 bridgehead atoms. The molecule has 2 aliphatic rings. The topological polar surface area (TPSA) is 75.5 Å². The lowest BCUT2D eigenvalue weighted by Crippen LogP contribution is -2.32. The van der Waals surface area contributed by atoms with Crippen molar-refractivity contribution in [2.24, 2.45) is 11.8 Å². The van der Waals surface area contributed by atoms with E-state index in [1.165, 1.54) is 6.07 Å². The Bertz CT molecular complexity index is 582. The maximum atomic E-state index is 12.4. The maximum Gasteiger partial charge on any atom is 0.269 e. The van der Waals surface area contributed by atoms with Gasteiger partial charge in [0.1, 0.15) is 0 Å². The molecule has 0 aromatic heterocycles. The first-order chi connectivity index (χ1) is 11.1. The summed E-state index contributed by atoms with van der Waals surface area (Å²) in [6.07, 6.45) is 3.15. The highest BCUT2D eigenvalue weighted by atomic mass is 35.5. The second-order valence-electron chi connectivity index (χ2n) is 6.56. The number of carbonyl (C=O) groups excluding carboxylic acids is 1. The monoisotopic (exact) mass is 353 g/mol. The van der Waals surface area contributed by atoms with E-state index < -0.39 is 4.92 Å². The summed E-state index contributed by atoms with van der Waals surface area (Å²) in [5.74, 6) is 1.60. The summed E-state index contributed by atoms with van der Waals surface area (Å²) in [5, 5.41) is 14.2. The van der Waals surface area contributed by atoms with Crippen LogP contribution in [0.3, 0.4) is 0 Å². The number of likely N-dealkylation sites (tertiary alicyclic amines) is 1. The van der Waals surface area contributed by atoms with E-state index in [4.69, 9.17) is 0 Å². The smallest absolute Gasteiger partial charge is 0.269 e. The molecular formula is C17H24ClN3O3. The van der Waals surface area contributed by atoms with Gasteiger partial charge in [0.25, 0.3) is 5.69 Å². The number of carbonyl (C=O) groups is 1. The van der Waals surface area contributed by atoms with Crippen molar-refractivity contribution in [3.63, 3.8) is 0 Å². The first-order valence-corrected chi connectivity index (χ1v) is 8.35. The highest BCUT2D eigenvalue weighted by Crippen LogP contribution is 2.27. The van der Waals surface area contributed by atoms with Gasteiger partial charge >= 0.3 is 0 Å². The van der Waals surface area contributed by atoms with Gasteiger partial charge in [0, 0.05) is 31.6 Å². The van der Waals surface area contributed by atoms with Crippen LogP contribution in [0.4, 0.5) is 5.69 Å². The minimum Gasteiger partial charge on any atom is -0.343 e. The molecule has 0 radical (unpaired) electrons. The molecule has 0 spiro atoms. The molecule has 1 amide bonds. The molecule has 24 heavy (non-hydrogen) atoms. The van der Waals surface area contributed by atoms with Crippen molar-refractivity contribution in [2.45, 2.75) is 25.7 Å². The van der Waals surface area contributed by atoms with Gasteiger partial charge in [-0.15, -0.1) is 12.4 Å². The summed E-state index contributed by atoms with van der Waals surface area (Å²) in [4.78, 5) is 24.8. The van der Waals surface area contributed by atoms with E-state index in [0.29, 0.717) is 24.7 Å². The summed E-state index contributed by atoms with van der Waals surface area (Å²) < 4.78 is 0. The van der Waals surface area contributed by atoms with E-state index in [2.05, 4.69) is 5.32 Å². The number of amides is 1. The summed E-state index contributed by atoms with van der Waals surface area (Å²) >= 11 is 0. The number of nitro groups is 1. The molecule has 2 atom stereocenters. The summed E-state index contributed by atoms with van der Waals surface area (Å²) in [6.45, 7) is 3.86. The number of aryl methyl sites for hydroxylation is 1. The van der Waals surface area contributed by atoms with Gasteiger partial charge in [0.2, 0.25) is 5.91 Å². The Balaban J connectivity index is 0.00000208. The van der Waals surface area contributed by atoms with Gasteiger partial charge in [-0.3, -0.25) is 14.9 Å². The van der Waals surface area contributed by atoms with Crippen molar-refractivity contribution < 1.29 is 9.72 Å². The van der Waals surface area contributed by atoms with Crippen LogP contribution in [-0.4, -0.2) is 41.9 Å². The molecule has 0 aliphatic carbocycles. The molecule has 7 heteroatoms. The summed E-state index contributed by atoms with van der Waals surface area (Å²) in [7, 11) is 0. The number of nitrogens with one attached hydrogen (secondary N) is 1. The van der Waals surface area contributed by atoms with E-state index >= 15 is 0 Å². The molecule has 1 N–H and O–H groups in total. The second kappa shape index (κ2) is 8.44. The fraction of sp³-hybridized carbons (Fsp3) is 0.588. The quantitative estimate of drug-likeness (QED) is 0.666. The van der Waals surface area contributed by atoms with E-state index in [9.17, 15) is 14.9 Å². The minimum absolute atomic E-state index is 0. The van der Waals surface area contributed by atoms with E-state index in [1.54, 1.807) is 12.1 Å². The molecule has 0 saturated carbocycles. The third kappa shape index (κ3) is 4.45. The second-order valence-corrected chi connectivity index (χ2v) is 6.56. The van der Waals surface area contributed by atoms with Crippen molar-refractivity contribution >= 4 is 24.0 Å². The molecular weight excluding hydrogens is 330 g/mol. The fourth-order valence-corrected chi connectivity index (χ4v) is 3.70. The number of benzene rings is 1. The number of hydrogen-bond donors (Lipinski definition) is 1. The van der Waals surface area contributed by atoms with Crippen LogP contribution in [0.1, 0.15) is 24.8 Å². The number of halogens is 1. The van der Waals surface area contributed by atoms with Gasteiger partial charge in [-0.2, -0.15) is 0 Å². The lowest BCUT2D eigenvalue weighted by molar-refractivity contribution is -0.384. The number of hydrogen-bond acceptors (Lipinski definition) is 4. The van der Waals surface area contributed by atoms with Gasteiger partial charge < -0.3 is 10.2 Å². The van der Waals surface area contributed by atoms with Crippen LogP contribution in [0.5, 0.6) is 0 Å². The fourth-order valence-electron chi connectivity index (χ4n) is 3.70. The van der Waals surface area contributed by atoms with Crippen LogP contribution in [0.2, 0.25) is 0 Å².